The van der Waals surface area contributed by atoms with Crippen LogP contribution in [0.5, 0.6) is 0 Å². The summed E-state index contributed by atoms with van der Waals surface area (Å²) in [4.78, 5) is 15.7. The predicted molar refractivity (Wildman–Crippen MR) is 153 cm³/mol. The molecule has 1 saturated heterocycles. The minimum absolute atomic E-state index is 0.243. The monoisotopic (exact) mass is 597 g/mol. The Bertz CT molecular complexity index is 1580. The van der Waals surface area contributed by atoms with Crippen molar-refractivity contribution < 1.29 is 13.2 Å². The van der Waals surface area contributed by atoms with Gasteiger partial charge in [-0.05, 0) is 54.1 Å². The van der Waals surface area contributed by atoms with Crippen molar-refractivity contribution in [3.63, 3.8) is 0 Å². The van der Waals surface area contributed by atoms with Crippen LogP contribution < -0.4 is 10.2 Å². The smallest absolute Gasteiger partial charge is 0.256 e. The van der Waals surface area contributed by atoms with E-state index >= 15 is 0 Å². The van der Waals surface area contributed by atoms with E-state index in [4.69, 9.17) is 11.6 Å². The first kappa shape index (κ1) is 25.7. The van der Waals surface area contributed by atoms with E-state index < -0.39 is 10.0 Å². The second-order valence-electron chi connectivity index (χ2n) is 8.93. The number of fused-ring (bicyclic) bond motifs is 1. The summed E-state index contributed by atoms with van der Waals surface area (Å²) in [7, 11) is -3.58. The van der Waals surface area contributed by atoms with Crippen LogP contribution in [0.1, 0.15) is 15.9 Å². The molecule has 190 valence electrons. The second-order valence-corrected chi connectivity index (χ2v) is 12.1. The lowest BCUT2D eigenvalue weighted by molar-refractivity contribution is 0.102. The van der Waals surface area contributed by atoms with Gasteiger partial charge in [-0.25, -0.2) is 8.42 Å². The molecule has 6 nitrogen and oxygen atoms in total. The number of carbonyl (C=O) groups is 1. The summed E-state index contributed by atoms with van der Waals surface area (Å²) in [6.07, 6.45) is 0. The Morgan fingerprint density at radius 1 is 0.865 bits per heavy atom. The summed E-state index contributed by atoms with van der Waals surface area (Å²) in [5.74, 6) is -0.243. The summed E-state index contributed by atoms with van der Waals surface area (Å²) >= 11 is 10.2. The standard InChI is InChI=1S/C28H25BrClN3O3S/c1-19-11-13-20(14-12-19)37(35,36)33-17-15-32(16-18-33)27-25(30)9-4-10-26(27)31-28(34)23-7-2-6-22-21(23)5-3-8-24(22)29/h2-14H,15-18H2,1H3,(H,31,34). The molecule has 4 aromatic rings. The topological polar surface area (TPSA) is 69.7 Å². The number of halogens is 2. The van der Waals surface area contributed by atoms with Gasteiger partial charge < -0.3 is 10.2 Å². The van der Waals surface area contributed by atoms with Crippen LogP contribution in [0.25, 0.3) is 10.8 Å². The molecule has 37 heavy (non-hydrogen) atoms. The summed E-state index contributed by atoms with van der Waals surface area (Å²) < 4.78 is 28.7. The summed E-state index contributed by atoms with van der Waals surface area (Å²) in [6.45, 7) is 3.44. The van der Waals surface area contributed by atoms with E-state index in [2.05, 4.69) is 21.2 Å². The first-order chi connectivity index (χ1) is 17.8. The number of para-hydroxylation sites is 1. The highest BCUT2D eigenvalue weighted by Gasteiger charge is 2.30. The van der Waals surface area contributed by atoms with E-state index in [1.807, 2.05) is 48.2 Å². The number of nitrogens with zero attached hydrogens (tertiary/aromatic N) is 2. The number of anilines is 2. The van der Waals surface area contributed by atoms with Crippen LogP contribution in [0.3, 0.4) is 0 Å². The molecule has 0 aliphatic carbocycles. The SMILES string of the molecule is Cc1ccc(S(=O)(=O)N2CCN(c3c(Cl)cccc3NC(=O)c3cccc4c(Br)cccc34)CC2)cc1. The van der Waals surface area contributed by atoms with Crippen molar-refractivity contribution in [1.29, 1.82) is 0 Å². The molecule has 0 aromatic heterocycles. The number of aryl methyl sites for hydroxylation is 1. The minimum Gasteiger partial charge on any atom is -0.366 e. The van der Waals surface area contributed by atoms with Crippen molar-refractivity contribution >= 4 is 65.6 Å². The lowest BCUT2D eigenvalue weighted by Crippen LogP contribution is -2.49. The van der Waals surface area contributed by atoms with Crippen molar-refractivity contribution in [2.24, 2.45) is 0 Å². The number of hydrogen-bond acceptors (Lipinski definition) is 4. The number of amides is 1. The fraction of sp³-hybridized carbons (Fsp3) is 0.179. The Labute approximate surface area is 230 Å². The van der Waals surface area contributed by atoms with Crippen molar-refractivity contribution in [2.45, 2.75) is 11.8 Å². The summed E-state index contributed by atoms with van der Waals surface area (Å²) in [5.41, 5.74) is 2.83. The van der Waals surface area contributed by atoms with Crippen molar-refractivity contribution in [3.05, 3.63) is 99.5 Å². The zero-order valence-corrected chi connectivity index (χ0v) is 23.3. The molecule has 9 heteroatoms. The third-order valence-corrected chi connectivity index (χ3v) is 9.47. The Hall–Kier alpha value is -2.91. The third kappa shape index (κ3) is 5.11. The van der Waals surface area contributed by atoms with Gasteiger partial charge in [0.2, 0.25) is 10.0 Å². The van der Waals surface area contributed by atoms with E-state index in [-0.39, 0.29) is 5.91 Å². The molecule has 0 bridgehead atoms. The quantitative estimate of drug-likeness (QED) is 0.292. The second kappa shape index (κ2) is 10.5. The van der Waals surface area contributed by atoms with E-state index in [1.54, 1.807) is 42.5 Å². The van der Waals surface area contributed by atoms with Crippen molar-refractivity contribution in [1.82, 2.24) is 4.31 Å². The van der Waals surface area contributed by atoms with Crippen molar-refractivity contribution in [3.8, 4) is 0 Å². The maximum Gasteiger partial charge on any atom is 0.256 e. The normalized spacial score (nSPS) is 14.6. The third-order valence-electron chi connectivity index (χ3n) is 6.56. The van der Waals surface area contributed by atoms with Crippen LogP contribution in [-0.2, 0) is 10.0 Å². The van der Waals surface area contributed by atoms with Gasteiger partial charge in [-0.15, -0.1) is 0 Å². The first-order valence-electron chi connectivity index (χ1n) is 11.8. The van der Waals surface area contributed by atoms with Crippen molar-refractivity contribution in [2.75, 3.05) is 36.4 Å². The number of benzene rings is 4. The van der Waals surface area contributed by atoms with Crippen LogP contribution in [-0.4, -0.2) is 44.8 Å². The maximum atomic E-state index is 13.4. The predicted octanol–water partition coefficient (Wildman–Crippen LogP) is 6.33. The molecular weight excluding hydrogens is 574 g/mol. The Morgan fingerprint density at radius 2 is 1.51 bits per heavy atom. The summed E-state index contributed by atoms with van der Waals surface area (Å²) in [6, 6.07) is 23.6. The van der Waals surface area contributed by atoms with Gasteiger partial charge in [-0.1, -0.05) is 75.6 Å². The summed E-state index contributed by atoms with van der Waals surface area (Å²) in [5, 5.41) is 5.32. The minimum atomic E-state index is -3.58. The molecule has 0 saturated carbocycles. The molecule has 1 aliphatic heterocycles. The van der Waals surface area contributed by atoms with Crippen LogP contribution >= 0.6 is 27.5 Å². The molecule has 5 rings (SSSR count). The lowest BCUT2D eigenvalue weighted by Gasteiger charge is -2.36. The molecule has 4 aromatic carbocycles. The first-order valence-corrected chi connectivity index (χ1v) is 14.5. The molecule has 1 heterocycles. The van der Waals surface area contributed by atoms with Gasteiger partial charge in [0.25, 0.3) is 5.91 Å². The molecule has 1 aliphatic rings. The molecule has 1 N–H and O–H groups in total. The van der Waals surface area contributed by atoms with Crippen LogP contribution in [0.2, 0.25) is 5.02 Å². The highest BCUT2D eigenvalue weighted by atomic mass is 79.9. The van der Waals surface area contributed by atoms with Gasteiger partial charge in [0, 0.05) is 36.2 Å². The largest absolute Gasteiger partial charge is 0.366 e. The van der Waals surface area contributed by atoms with Crippen LogP contribution in [0.15, 0.2) is 88.2 Å². The highest BCUT2D eigenvalue weighted by molar-refractivity contribution is 9.10. The number of piperazine rings is 1. The fourth-order valence-corrected chi connectivity index (χ4v) is 6.82. The van der Waals surface area contributed by atoms with E-state index in [9.17, 15) is 13.2 Å². The Balaban J connectivity index is 1.37. The molecule has 0 radical (unpaired) electrons. The van der Waals surface area contributed by atoms with E-state index in [1.165, 1.54) is 4.31 Å². The highest BCUT2D eigenvalue weighted by Crippen LogP contribution is 2.36. The van der Waals surface area contributed by atoms with Gasteiger partial charge in [-0.3, -0.25) is 4.79 Å². The molecule has 0 unspecified atom stereocenters. The molecule has 1 fully saturated rings. The zero-order valence-electron chi connectivity index (χ0n) is 20.1. The number of hydrogen-bond donors (Lipinski definition) is 1. The van der Waals surface area contributed by atoms with Gasteiger partial charge >= 0.3 is 0 Å². The van der Waals surface area contributed by atoms with Gasteiger partial charge in [0.05, 0.1) is 21.3 Å². The number of nitrogens with one attached hydrogen (secondary N) is 1. The van der Waals surface area contributed by atoms with Crippen LogP contribution in [0, 0.1) is 6.92 Å². The Kier molecular flexibility index (Phi) is 7.27. The van der Waals surface area contributed by atoms with Gasteiger partial charge in [-0.2, -0.15) is 4.31 Å². The fourth-order valence-electron chi connectivity index (χ4n) is 4.61. The maximum absolute atomic E-state index is 13.4. The molecule has 0 spiro atoms. The number of carbonyl (C=O) groups excluding carboxylic acids is 1. The zero-order chi connectivity index (χ0) is 26.2. The van der Waals surface area contributed by atoms with E-state index in [0.717, 1.165) is 20.8 Å². The molecular formula is C28H25BrClN3O3S. The van der Waals surface area contributed by atoms with E-state index in [0.29, 0.717) is 53.0 Å². The van der Waals surface area contributed by atoms with Gasteiger partial charge in [0.15, 0.2) is 0 Å². The lowest BCUT2D eigenvalue weighted by atomic mass is 10.0. The number of rotatable bonds is 5. The Morgan fingerprint density at radius 3 is 2.24 bits per heavy atom. The average molecular weight is 599 g/mol. The number of sulfonamides is 1. The van der Waals surface area contributed by atoms with Gasteiger partial charge in [0.1, 0.15) is 0 Å². The van der Waals surface area contributed by atoms with Crippen LogP contribution in [0.4, 0.5) is 11.4 Å². The molecule has 0 atom stereocenters. The average Bonchev–Trinajstić information content (AvgIpc) is 2.89. The molecule has 1 amide bonds.